The van der Waals surface area contributed by atoms with Gasteiger partial charge in [-0.3, -0.25) is 10.3 Å². The van der Waals surface area contributed by atoms with Crippen molar-refractivity contribution in [2.75, 3.05) is 18.6 Å². The van der Waals surface area contributed by atoms with Gasteiger partial charge in [0.15, 0.2) is 0 Å². The fraction of sp³-hybridized carbons (Fsp3) is 0.138. The molecule has 0 bridgehead atoms. The molecule has 0 unspecified atom stereocenters. The first-order valence-corrected chi connectivity index (χ1v) is 14.7. The molecule has 8 nitrogen and oxygen atoms in total. The summed E-state index contributed by atoms with van der Waals surface area (Å²) in [5, 5.41) is 3.14. The molecular formula is C29H25ClFN4O4S+. The number of nitrogens with zero attached hydrogens (tertiary/aromatic N) is 3. The van der Waals surface area contributed by atoms with Gasteiger partial charge in [0.2, 0.25) is 5.82 Å². The average molecular weight is 580 g/mol. The third-order valence-electron chi connectivity index (χ3n) is 5.93. The largest absolute Gasteiger partial charge is 0.487 e. The molecule has 0 aliphatic rings. The summed E-state index contributed by atoms with van der Waals surface area (Å²) in [6.07, 6.45) is 4.20. The molecule has 11 heteroatoms. The van der Waals surface area contributed by atoms with E-state index in [-0.39, 0.29) is 24.7 Å². The maximum absolute atomic E-state index is 13.4. The fourth-order valence-electron chi connectivity index (χ4n) is 3.96. The number of benzene rings is 3. The first-order valence-electron chi connectivity index (χ1n) is 12.3. The van der Waals surface area contributed by atoms with Crippen molar-refractivity contribution >= 4 is 50.1 Å². The van der Waals surface area contributed by atoms with Gasteiger partial charge in [0.1, 0.15) is 51.5 Å². The van der Waals surface area contributed by atoms with Gasteiger partial charge in [-0.05, 0) is 54.1 Å². The molecule has 2 N–H and O–H groups in total. The Morgan fingerprint density at radius 3 is 2.75 bits per heavy atom. The van der Waals surface area contributed by atoms with E-state index in [1.54, 1.807) is 30.3 Å². The van der Waals surface area contributed by atoms with Crippen LogP contribution >= 0.6 is 11.6 Å². The molecule has 5 aromatic rings. The number of hydrogen-bond acceptors (Lipinski definition) is 7. The van der Waals surface area contributed by atoms with E-state index < -0.39 is 9.84 Å². The second-order valence-electron chi connectivity index (χ2n) is 9.11. The highest BCUT2D eigenvalue weighted by atomic mass is 35.5. The zero-order chi connectivity index (χ0) is 28.1. The number of rotatable bonds is 10. The molecule has 0 spiro atoms. The molecule has 2 aromatic heterocycles. The minimum Gasteiger partial charge on any atom is -0.487 e. The van der Waals surface area contributed by atoms with Crippen LogP contribution in [-0.2, 0) is 16.4 Å². The van der Waals surface area contributed by atoms with Crippen molar-refractivity contribution < 1.29 is 27.3 Å². The number of aromatic nitrogens is 2. The van der Waals surface area contributed by atoms with Crippen molar-refractivity contribution in [3.63, 3.8) is 0 Å². The summed E-state index contributed by atoms with van der Waals surface area (Å²) in [4.78, 5) is 13.0. The lowest BCUT2D eigenvalue weighted by Crippen LogP contribution is -2.71. The second kappa shape index (κ2) is 12.0. The smallest absolute Gasteiger partial charge is 0.240 e. The van der Waals surface area contributed by atoms with Crippen molar-refractivity contribution in [2.24, 2.45) is 4.99 Å². The normalized spacial score (nSPS) is 11.9. The number of aliphatic imine (C=N–C) groups is 1. The van der Waals surface area contributed by atoms with Gasteiger partial charge in [-0.1, -0.05) is 23.7 Å². The van der Waals surface area contributed by atoms with Crippen LogP contribution in [0.4, 0.5) is 15.9 Å². The van der Waals surface area contributed by atoms with Crippen molar-refractivity contribution in [3.05, 3.63) is 101 Å². The first kappa shape index (κ1) is 27.4. The summed E-state index contributed by atoms with van der Waals surface area (Å²) in [7, 11) is -3.07. The van der Waals surface area contributed by atoms with Crippen LogP contribution in [0.25, 0.3) is 22.2 Å². The monoisotopic (exact) mass is 579 g/mol. The molecule has 0 aliphatic heterocycles. The zero-order valence-corrected chi connectivity index (χ0v) is 23.0. The molecule has 0 amide bonds. The molecule has 5 rings (SSSR count). The van der Waals surface area contributed by atoms with E-state index in [9.17, 15) is 12.8 Å². The molecule has 2 heterocycles. The quantitative estimate of drug-likeness (QED) is 0.179. The summed E-state index contributed by atoms with van der Waals surface area (Å²) in [5.41, 5.74) is 3.11. The van der Waals surface area contributed by atoms with Gasteiger partial charge in [-0.15, -0.1) is 0 Å². The van der Waals surface area contributed by atoms with E-state index >= 15 is 0 Å². The van der Waals surface area contributed by atoms with Crippen LogP contribution in [-0.4, -0.2) is 43.2 Å². The van der Waals surface area contributed by atoms with Crippen LogP contribution in [0.3, 0.4) is 0 Å². The SMILES string of the molecule is CS(=O)(=O)CCN=Cc1ccc(-c2ccc3ncnc([NH2+]c4ccc(OCc5cccc(F)c5)c(Cl)c4)c3c2)o1. The third kappa shape index (κ3) is 7.09. The van der Waals surface area contributed by atoms with Crippen molar-refractivity contribution in [1.82, 2.24) is 9.97 Å². The molecule has 0 radical (unpaired) electrons. The van der Waals surface area contributed by atoms with Gasteiger partial charge in [-0.2, -0.15) is 4.98 Å². The lowest BCUT2D eigenvalue weighted by Gasteiger charge is -2.09. The summed E-state index contributed by atoms with van der Waals surface area (Å²) in [6, 6.07) is 21.0. The first-order chi connectivity index (χ1) is 19.2. The van der Waals surface area contributed by atoms with Crippen LogP contribution in [0, 0.1) is 5.82 Å². The van der Waals surface area contributed by atoms with Gasteiger partial charge in [-0.25, -0.2) is 17.8 Å². The van der Waals surface area contributed by atoms with Crippen LogP contribution < -0.4 is 10.1 Å². The summed E-state index contributed by atoms with van der Waals surface area (Å²) >= 11 is 6.48. The molecule has 3 aromatic carbocycles. The Labute approximate surface area is 235 Å². The number of hydrogen-bond donors (Lipinski definition) is 1. The molecule has 0 saturated carbocycles. The van der Waals surface area contributed by atoms with Gasteiger partial charge in [0.25, 0.3) is 0 Å². The third-order valence-corrected chi connectivity index (χ3v) is 7.15. The molecular weight excluding hydrogens is 555 g/mol. The minimum absolute atomic E-state index is 0.0170. The Bertz CT molecular complexity index is 1810. The summed E-state index contributed by atoms with van der Waals surface area (Å²) in [6.45, 7) is 0.367. The Hall–Kier alpha value is -4.12. The molecule has 0 aliphatic carbocycles. The Morgan fingerprint density at radius 2 is 1.95 bits per heavy atom. The molecule has 204 valence electrons. The van der Waals surface area contributed by atoms with E-state index in [0.29, 0.717) is 33.7 Å². The second-order valence-corrected chi connectivity index (χ2v) is 11.8. The zero-order valence-electron chi connectivity index (χ0n) is 21.4. The van der Waals surface area contributed by atoms with E-state index in [4.69, 9.17) is 20.8 Å². The van der Waals surface area contributed by atoms with E-state index in [2.05, 4.69) is 15.0 Å². The van der Waals surface area contributed by atoms with Gasteiger partial charge in [0.05, 0.1) is 34.4 Å². The molecule has 40 heavy (non-hydrogen) atoms. The maximum atomic E-state index is 13.4. The molecule has 0 fully saturated rings. The maximum Gasteiger partial charge on any atom is 0.240 e. The highest BCUT2D eigenvalue weighted by Gasteiger charge is 2.14. The van der Waals surface area contributed by atoms with Crippen molar-refractivity contribution in [2.45, 2.75) is 6.61 Å². The lowest BCUT2D eigenvalue weighted by molar-refractivity contribution is -0.481. The molecule has 0 saturated heterocycles. The van der Waals surface area contributed by atoms with Crippen LogP contribution in [0.5, 0.6) is 5.75 Å². The minimum atomic E-state index is -3.07. The highest BCUT2D eigenvalue weighted by molar-refractivity contribution is 7.90. The van der Waals surface area contributed by atoms with Gasteiger partial charge >= 0.3 is 0 Å². The fourth-order valence-corrected chi connectivity index (χ4v) is 4.65. The van der Waals surface area contributed by atoms with E-state index in [0.717, 1.165) is 22.2 Å². The number of quaternary nitrogens is 1. The number of sulfone groups is 1. The molecule has 0 atom stereocenters. The number of furan rings is 1. The standard InChI is InChI=1S/C29H24ClFN4O4S/c1-40(36,37)12-11-32-16-23-7-10-27(39-23)20-5-8-26-24(14-20)29(34-18-33-26)35-22-6-9-28(25(30)15-22)38-17-19-3-2-4-21(31)13-19/h2-10,13-16,18H,11-12,17H2,1H3,(H,33,34,35)/p+1. The number of nitrogens with two attached hydrogens (primary N) is 1. The Kier molecular flexibility index (Phi) is 8.20. The van der Waals surface area contributed by atoms with E-state index in [1.165, 1.54) is 30.9 Å². The lowest BCUT2D eigenvalue weighted by atomic mass is 10.1. The Balaban J connectivity index is 1.32. The number of fused-ring (bicyclic) bond motifs is 1. The number of halogens is 2. The van der Waals surface area contributed by atoms with Crippen LogP contribution in [0.1, 0.15) is 11.3 Å². The van der Waals surface area contributed by atoms with Gasteiger partial charge in [0, 0.05) is 24.0 Å². The Morgan fingerprint density at radius 1 is 1.07 bits per heavy atom. The van der Waals surface area contributed by atoms with Crippen molar-refractivity contribution in [3.8, 4) is 17.1 Å². The topological polar surface area (TPSA) is 111 Å². The summed E-state index contributed by atoms with van der Waals surface area (Å²) in [5.74, 6) is 2.01. The van der Waals surface area contributed by atoms with Crippen molar-refractivity contribution in [1.29, 1.82) is 0 Å². The average Bonchev–Trinajstić information content (AvgIpc) is 3.39. The summed E-state index contributed by atoms with van der Waals surface area (Å²) < 4.78 is 47.6. The predicted molar refractivity (Wildman–Crippen MR) is 153 cm³/mol. The number of ether oxygens (including phenoxy) is 1. The van der Waals surface area contributed by atoms with E-state index in [1.807, 2.05) is 35.6 Å². The van der Waals surface area contributed by atoms with Crippen LogP contribution in [0.15, 0.2) is 88.5 Å². The highest BCUT2D eigenvalue weighted by Crippen LogP contribution is 2.29. The van der Waals surface area contributed by atoms with Gasteiger partial charge < -0.3 is 9.15 Å². The van der Waals surface area contributed by atoms with Crippen LogP contribution in [0.2, 0.25) is 5.02 Å². The predicted octanol–water partition coefficient (Wildman–Crippen LogP) is 5.25.